The summed E-state index contributed by atoms with van der Waals surface area (Å²) in [5.74, 6) is 0.555. The predicted octanol–water partition coefficient (Wildman–Crippen LogP) is 9.39. The molecule has 4 aromatic carbocycles. The van der Waals surface area contributed by atoms with Gasteiger partial charge in [0.1, 0.15) is 10.0 Å². The lowest BCUT2D eigenvalue weighted by molar-refractivity contribution is -0.138. The maximum Gasteiger partial charge on any atom is 0.416 e. The van der Waals surface area contributed by atoms with Crippen molar-refractivity contribution < 1.29 is 46.0 Å². The maximum absolute atomic E-state index is 12.7. The molecule has 0 aliphatic heterocycles. The number of halogens is 6. The van der Waals surface area contributed by atoms with Crippen molar-refractivity contribution in [2.24, 2.45) is 0 Å². The highest BCUT2D eigenvalue weighted by atomic mass is 32.1. The van der Waals surface area contributed by atoms with E-state index < -0.39 is 23.5 Å². The normalized spacial score (nSPS) is 11.8. The van der Waals surface area contributed by atoms with Crippen LogP contribution in [0.3, 0.4) is 0 Å². The van der Waals surface area contributed by atoms with Gasteiger partial charge in [-0.15, -0.1) is 22.7 Å². The van der Waals surface area contributed by atoms with Crippen molar-refractivity contribution in [3.63, 3.8) is 0 Å². The van der Waals surface area contributed by atoms with Crippen molar-refractivity contribution in [3.05, 3.63) is 83.9 Å². The van der Waals surface area contributed by atoms with Crippen LogP contribution in [0.2, 0.25) is 0 Å². The summed E-state index contributed by atoms with van der Waals surface area (Å²) in [6.07, 6.45) is -8.79. The quantitative estimate of drug-likeness (QED) is 0.185. The van der Waals surface area contributed by atoms with E-state index in [1.807, 2.05) is 0 Å². The van der Waals surface area contributed by atoms with E-state index in [1.165, 1.54) is 61.2 Å². The van der Waals surface area contributed by atoms with Gasteiger partial charge < -0.3 is 19.7 Å². The predicted molar refractivity (Wildman–Crippen MR) is 157 cm³/mol. The number of aromatic nitrogens is 2. The summed E-state index contributed by atoms with van der Waals surface area (Å²) < 4.78 is 87.5. The van der Waals surface area contributed by atoms with Crippen LogP contribution >= 0.6 is 22.7 Å². The first kappa shape index (κ1) is 30.9. The van der Waals surface area contributed by atoms with Crippen LogP contribution in [0, 0.1) is 0 Å². The lowest BCUT2D eigenvalue weighted by Gasteiger charge is -2.05. The van der Waals surface area contributed by atoms with E-state index >= 15 is 0 Å². The minimum atomic E-state index is -4.39. The zero-order valence-corrected chi connectivity index (χ0v) is 24.3. The lowest BCUT2D eigenvalue weighted by Crippen LogP contribution is -2.03. The Labute approximate surface area is 253 Å². The number of alkyl halides is 6. The van der Waals surface area contributed by atoms with E-state index in [1.54, 1.807) is 24.3 Å². The molecule has 0 amide bonds. The Morgan fingerprint density at radius 3 is 1.27 bits per heavy atom. The van der Waals surface area contributed by atoms with Gasteiger partial charge in [-0.3, -0.25) is 0 Å². The van der Waals surface area contributed by atoms with Crippen LogP contribution in [0.15, 0.2) is 72.8 Å². The molecule has 0 spiro atoms. The molecule has 2 aromatic heterocycles. The first-order valence-corrected chi connectivity index (χ1v) is 14.1. The molecule has 0 aliphatic carbocycles. The molecule has 14 heteroatoms. The van der Waals surface area contributed by atoms with Gasteiger partial charge in [-0.25, -0.2) is 9.97 Å². The summed E-state index contributed by atoms with van der Waals surface area (Å²) in [4.78, 5) is 8.44. The second kappa shape index (κ2) is 11.8. The highest BCUT2D eigenvalue weighted by Gasteiger charge is 2.31. The molecule has 0 bridgehead atoms. The van der Waals surface area contributed by atoms with Crippen molar-refractivity contribution in [1.29, 1.82) is 0 Å². The third-order valence-electron chi connectivity index (χ3n) is 6.28. The highest BCUT2D eigenvalue weighted by Crippen LogP contribution is 2.39. The molecular formula is C30H20F6N2O4S2. The van der Waals surface area contributed by atoms with Crippen molar-refractivity contribution in [3.8, 4) is 44.1 Å². The van der Waals surface area contributed by atoms with Crippen LogP contribution < -0.4 is 9.47 Å². The molecule has 6 rings (SSSR count). The molecule has 228 valence electrons. The van der Waals surface area contributed by atoms with Crippen molar-refractivity contribution in [2.45, 2.75) is 12.4 Å². The lowest BCUT2D eigenvalue weighted by atomic mass is 10.2. The SMILES string of the molecule is COc1ccc(-c2nc3cc(C(F)(F)F)ccc3s2)cc1O.COc1ccc(-c2nc3cc(C(F)(F)F)ccc3s2)cc1O. The molecule has 0 fully saturated rings. The topological polar surface area (TPSA) is 84.7 Å². The molecule has 2 N–H and O–H groups in total. The van der Waals surface area contributed by atoms with E-state index in [0.29, 0.717) is 42.0 Å². The number of phenolic OH excluding ortho intramolecular Hbond substituents is 2. The monoisotopic (exact) mass is 650 g/mol. The number of hydrogen-bond acceptors (Lipinski definition) is 8. The van der Waals surface area contributed by atoms with Gasteiger partial charge >= 0.3 is 12.4 Å². The third-order valence-corrected chi connectivity index (χ3v) is 8.45. The molecule has 0 atom stereocenters. The van der Waals surface area contributed by atoms with Gasteiger partial charge in [0.2, 0.25) is 0 Å². The fraction of sp³-hybridized carbons (Fsp3) is 0.133. The first-order valence-electron chi connectivity index (χ1n) is 12.5. The molecule has 0 saturated carbocycles. The van der Waals surface area contributed by atoms with E-state index in [9.17, 15) is 36.6 Å². The summed E-state index contributed by atoms with van der Waals surface area (Å²) in [6.45, 7) is 0. The van der Waals surface area contributed by atoms with E-state index in [4.69, 9.17) is 9.47 Å². The number of nitrogens with zero attached hydrogens (tertiary/aromatic N) is 2. The standard InChI is InChI=1S/2C15H10F3NO2S/c2*1-21-12-4-2-8(6-11(12)20)14-19-10-7-9(15(16,17)18)3-5-13(10)22-14/h2*2-7,20H,1H3. The van der Waals surface area contributed by atoms with Crippen LogP contribution in [0.4, 0.5) is 26.3 Å². The molecule has 0 radical (unpaired) electrons. The second-order valence-corrected chi connectivity index (χ2v) is 11.2. The molecule has 6 aromatic rings. The Kier molecular flexibility index (Phi) is 8.32. The molecule has 2 heterocycles. The summed E-state index contributed by atoms with van der Waals surface area (Å²) in [7, 11) is 2.87. The Balaban J connectivity index is 0.000000175. The van der Waals surface area contributed by atoms with Gasteiger partial charge in [0.05, 0.1) is 45.8 Å². The minimum absolute atomic E-state index is 0.0461. The molecule has 0 aliphatic rings. The number of rotatable bonds is 4. The average Bonchev–Trinajstić information content (AvgIpc) is 3.60. The molecule has 0 unspecified atom stereocenters. The van der Waals surface area contributed by atoms with Gasteiger partial charge in [0.25, 0.3) is 0 Å². The summed E-state index contributed by atoms with van der Waals surface area (Å²) in [5.41, 5.74) is 0.347. The Hall–Kier alpha value is -4.56. The van der Waals surface area contributed by atoms with Crippen LogP contribution in [-0.4, -0.2) is 34.4 Å². The number of aromatic hydroxyl groups is 2. The Bertz CT molecular complexity index is 1830. The summed E-state index contributed by atoms with van der Waals surface area (Å²) in [5, 5.41) is 20.6. The zero-order valence-electron chi connectivity index (χ0n) is 22.6. The molecular weight excluding hydrogens is 630 g/mol. The maximum atomic E-state index is 12.7. The smallest absolute Gasteiger partial charge is 0.416 e. The Morgan fingerprint density at radius 2 is 0.955 bits per heavy atom. The van der Waals surface area contributed by atoms with Gasteiger partial charge in [-0.05, 0) is 72.8 Å². The minimum Gasteiger partial charge on any atom is -0.504 e. The number of fused-ring (bicyclic) bond motifs is 2. The van der Waals surface area contributed by atoms with Crippen LogP contribution in [-0.2, 0) is 12.4 Å². The summed E-state index contributed by atoms with van der Waals surface area (Å²) >= 11 is 2.52. The zero-order chi connectivity index (χ0) is 31.8. The fourth-order valence-electron chi connectivity index (χ4n) is 4.10. The number of phenols is 2. The van der Waals surface area contributed by atoms with E-state index in [2.05, 4.69) is 9.97 Å². The van der Waals surface area contributed by atoms with E-state index in [0.717, 1.165) is 24.3 Å². The number of hydrogen-bond donors (Lipinski definition) is 2. The second-order valence-electron chi connectivity index (χ2n) is 9.17. The van der Waals surface area contributed by atoms with Crippen LogP contribution in [0.25, 0.3) is 41.6 Å². The van der Waals surface area contributed by atoms with Crippen molar-refractivity contribution in [2.75, 3.05) is 14.2 Å². The number of thiazole rings is 2. The van der Waals surface area contributed by atoms with Crippen LogP contribution in [0.1, 0.15) is 11.1 Å². The first-order chi connectivity index (χ1) is 20.8. The number of methoxy groups -OCH3 is 2. The summed E-state index contributed by atoms with van der Waals surface area (Å²) in [6, 6.07) is 16.4. The molecule has 44 heavy (non-hydrogen) atoms. The molecule has 0 saturated heterocycles. The molecule has 6 nitrogen and oxygen atoms in total. The third kappa shape index (κ3) is 6.50. The average molecular weight is 651 g/mol. The van der Waals surface area contributed by atoms with Crippen molar-refractivity contribution in [1.82, 2.24) is 9.97 Å². The van der Waals surface area contributed by atoms with Crippen LogP contribution in [0.5, 0.6) is 23.0 Å². The number of benzene rings is 4. The Morgan fingerprint density at radius 1 is 0.568 bits per heavy atom. The fourth-order valence-corrected chi connectivity index (χ4v) is 5.99. The highest BCUT2D eigenvalue weighted by molar-refractivity contribution is 7.22. The largest absolute Gasteiger partial charge is 0.504 e. The van der Waals surface area contributed by atoms with Gasteiger partial charge in [0, 0.05) is 11.1 Å². The van der Waals surface area contributed by atoms with Gasteiger partial charge in [-0.1, -0.05) is 0 Å². The van der Waals surface area contributed by atoms with Gasteiger partial charge in [0.15, 0.2) is 23.0 Å². The number of ether oxygens (including phenoxy) is 2. The van der Waals surface area contributed by atoms with E-state index in [-0.39, 0.29) is 22.5 Å². The van der Waals surface area contributed by atoms with Crippen molar-refractivity contribution >= 4 is 43.1 Å². The van der Waals surface area contributed by atoms with Gasteiger partial charge in [-0.2, -0.15) is 26.3 Å².